The Labute approximate surface area is 88.1 Å². The van der Waals surface area contributed by atoms with E-state index in [1.54, 1.807) is 26.0 Å². The molecule has 0 unspecified atom stereocenters. The van der Waals surface area contributed by atoms with Crippen molar-refractivity contribution in [1.82, 2.24) is 15.2 Å². The summed E-state index contributed by atoms with van der Waals surface area (Å²) in [6.45, 7) is 3.24. The van der Waals surface area contributed by atoms with Crippen LogP contribution in [0.5, 0.6) is 0 Å². The molecule has 1 aromatic rings. The first-order valence-corrected chi connectivity index (χ1v) is 4.72. The number of Topliss-reactive ketones (excluding diaryl/α,β-unsaturated/α-hetero) is 1. The molecule has 0 spiro atoms. The smallest absolute Gasteiger partial charge is 0.154 e. The summed E-state index contributed by atoms with van der Waals surface area (Å²) in [5.41, 5.74) is 0.455. The Bertz CT molecular complexity index is 392. The normalized spacial score (nSPS) is 10.8. The van der Waals surface area contributed by atoms with E-state index in [1.165, 1.54) is 0 Å². The fourth-order valence-corrected chi connectivity index (χ4v) is 0.998. The third-order valence-electron chi connectivity index (χ3n) is 1.76. The maximum atomic E-state index is 10.7. The van der Waals surface area contributed by atoms with Crippen LogP contribution in [0.25, 0.3) is 6.08 Å². The summed E-state index contributed by atoms with van der Waals surface area (Å²) in [5, 5.41) is 14.9. The Hall–Kier alpha value is -1.78. The second-order valence-electron chi connectivity index (χ2n) is 3.38. The first-order valence-electron chi connectivity index (χ1n) is 4.72. The largest absolute Gasteiger partial charge is 0.325 e. The lowest BCUT2D eigenvalue weighted by molar-refractivity contribution is -0.117. The number of nitrogens with zero attached hydrogens (tertiary/aromatic N) is 2. The van der Waals surface area contributed by atoms with Gasteiger partial charge in [0.15, 0.2) is 5.82 Å². The Morgan fingerprint density at radius 3 is 2.80 bits per heavy atom. The summed E-state index contributed by atoms with van der Waals surface area (Å²) in [6.07, 6.45) is 4.38. The number of aromatic nitrogens is 3. The molecule has 0 aliphatic heterocycles. The second-order valence-corrected chi connectivity index (χ2v) is 3.38. The molecule has 0 radical (unpaired) electrons. The first kappa shape index (κ1) is 11.3. The molecule has 15 heavy (non-hydrogen) atoms. The molecular weight excluding hydrogens is 192 g/mol. The van der Waals surface area contributed by atoms with Gasteiger partial charge in [0.2, 0.25) is 0 Å². The van der Waals surface area contributed by atoms with Crippen LogP contribution in [0.4, 0.5) is 0 Å². The van der Waals surface area contributed by atoms with Gasteiger partial charge in [0.1, 0.15) is 11.6 Å². The minimum Gasteiger partial charge on any atom is -0.325 e. The van der Waals surface area contributed by atoms with Gasteiger partial charge in [-0.3, -0.25) is 0 Å². The fraction of sp³-hybridized carbons (Fsp3) is 0.400. The number of hydrogen-bond acceptors (Lipinski definition) is 4. The molecule has 5 nitrogen and oxygen atoms in total. The number of aryl methyl sites for hydroxylation is 1. The van der Waals surface area contributed by atoms with Gasteiger partial charge in [0.25, 0.3) is 0 Å². The van der Waals surface area contributed by atoms with Crippen molar-refractivity contribution in [1.29, 1.82) is 5.41 Å². The van der Waals surface area contributed by atoms with Crippen molar-refractivity contribution in [2.75, 3.05) is 0 Å². The average molecular weight is 206 g/mol. The molecule has 5 heteroatoms. The van der Waals surface area contributed by atoms with E-state index >= 15 is 0 Å². The highest BCUT2D eigenvalue weighted by atomic mass is 16.1. The van der Waals surface area contributed by atoms with Gasteiger partial charge in [-0.15, -0.1) is 10.2 Å². The minimum absolute atomic E-state index is 0.138. The van der Waals surface area contributed by atoms with Gasteiger partial charge in [-0.25, -0.2) is 0 Å². The lowest BCUT2D eigenvalue weighted by Gasteiger charge is -1.90. The highest BCUT2D eigenvalue weighted by Crippen LogP contribution is 1.99. The summed E-state index contributed by atoms with van der Waals surface area (Å²) in [4.78, 5) is 13.7. The third-order valence-corrected chi connectivity index (χ3v) is 1.76. The van der Waals surface area contributed by atoms with E-state index in [2.05, 4.69) is 15.2 Å². The lowest BCUT2D eigenvalue weighted by Crippen LogP contribution is -1.95. The van der Waals surface area contributed by atoms with Gasteiger partial charge >= 0.3 is 0 Å². The molecule has 0 aliphatic carbocycles. The van der Waals surface area contributed by atoms with E-state index in [1.807, 2.05) is 0 Å². The van der Waals surface area contributed by atoms with Crippen LogP contribution in [0.1, 0.15) is 31.9 Å². The van der Waals surface area contributed by atoms with E-state index < -0.39 is 0 Å². The van der Waals surface area contributed by atoms with Crippen LogP contribution in [0.3, 0.4) is 0 Å². The lowest BCUT2D eigenvalue weighted by atomic mass is 10.2. The van der Waals surface area contributed by atoms with Crippen molar-refractivity contribution in [3.63, 3.8) is 0 Å². The fourth-order valence-electron chi connectivity index (χ4n) is 0.998. The van der Waals surface area contributed by atoms with Gasteiger partial charge in [0.05, 0.1) is 0 Å². The molecule has 0 saturated heterocycles. The topological polar surface area (TPSA) is 82.5 Å². The predicted octanol–water partition coefficient (Wildman–Crippen LogP) is 1.38. The van der Waals surface area contributed by atoms with Gasteiger partial charge in [0, 0.05) is 18.6 Å². The van der Waals surface area contributed by atoms with Crippen LogP contribution >= 0.6 is 0 Å². The van der Waals surface area contributed by atoms with Gasteiger partial charge in [-0.1, -0.05) is 0 Å². The zero-order chi connectivity index (χ0) is 11.3. The molecular formula is C10H14N4O. The maximum Gasteiger partial charge on any atom is 0.154 e. The molecule has 1 rings (SSSR count). The number of aromatic amines is 1. The van der Waals surface area contributed by atoms with Crippen LogP contribution < -0.4 is 0 Å². The average Bonchev–Trinajstić information content (AvgIpc) is 2.59. The highest BCUT2D eigenvalue weighted by molar-refractivity contribution is 5.93. The van der Waals surface area contributed by atoms with Crippen LogP contribution in [0.15, 0.2) is 6.08 Å². The number of ketones is 1. The predicted molar refractivity (Wildman–Crippen MR) is 57.8 cm³/mol. The van der Waals surface area contributed by atoms with Crippen molar-refractivity contribution in [2.45, 2.75) is 26.7 Å². The van der Waals surface area contributed by atoms with E-state index in [0.29, 0.717) is 30.2 Å². The molecule has 1 heterocycles. The van der Waals surface area contributed by atoms with Crippen LogP contribution in [-0.2, 0) is 11.2 Å². The number of hydrogen-bond donors (Lipinski definition) is 2. The van der Waals surface area contributed by atoms with Gasteiger partial charge in [-0.05, 0) is 26.0 Å². The maximum absolute atomic E-state index is 10.7. The Morgan fingerprint density at radius 2 is 2.20 bits per heavy atom. The second kappa shape index (κ2) is 5.19. The highest BCUT2D eigenvalue weighted by Gasteiger charge is 2.01. The number of rotatable bonds is 5. The van der Waals surface area contributed by atoms with E-state index in [4.69, 9.17) is 5.41 Å². The van der Waals surface area contributed by atoms with E-state index in [-0.39, 0.29) is 5.78 Å². The molecule has 2 N–H and O–H groups in total. The van der Waals surface area contributed by atoms with E-state index in [0.717, 1.165) is 0 Å². The van der Waals surface area contributed by atoms with E-state index in [9.17, 15) is 4.79 Å². The first-order chi connectivity index (χ1) is 7.08. The van der Waals surface area contributed by atoms with Crippen LogP contribution in [0.2, 0.25) is 0 Å². The monoisotopic (exact) mass is 206 g/mol. The molecule has 1 aromatic heterocycles. The van der Waals surface area contributed by atoms with Gasteiger partial charge < -0.3 is 15.2 Å². The molecule has 0 saturated carbocycles. The molecule has 0 atom stereocenters. The summed E-state index contributed by atoms with van der Waals surface area (Å²) in [5.74, 6) is 1.45. The van der Waals surface area contributed by atoms with Crippen LogP contribution in [0, 0.1) is 5.41 Å². The number of H-pyrrole nitrogens is 1. The summed E-state index contributed by atoms with van der Waals surface area (Å²) < 4.78 is 0. The number of allylic oxidation sites excluding steroid dienone is 1. The third kappa shape index (κ3) is 4.30. The number of carbonyl (C=O) groups excluding carboxylic acids is 1. The van der Waals surface area contributed by atoms with Crippen molar-refractivity contribution >= 4 is 17.6 Å². The van der Waals surface area contributed by atoms with Crippen molar-refractivity contribution in [3.05, 3.63) is 17.7 Å². The minimum atomic E-state index is 0.138. The molecule has 0 fully saturated rings. The van der Waals surface area contributed by atoms with Crippen molar-refractivity contribution < 1.29 is 4.79 Å². The molecule has 0 aromatic carbocycles. The quantitative estimate of drug-likeness (QED) is 0.714. The Kier molecular flexibility index (Phi) is 3.91. The molecule has 0 aliphatic rings. The number of nitrogens with one attached hydrogen (secondary N) is 2. The number of carbonyl (C=O) groups is 1. The molecule has 80 valence electrons. The van der Waals surface area contributed by atoms with Crippen LogP contribution in [-0.4, -0.2) is 26.7 Å². The Morgan fingerprint density at radius 1 is 1.47 bits per heavy atom. The zero-order valence-corrected chi connectivity index (χ0v) is 8.87. The van der Waals surface area contributed by atoms with Crippen molar-refractivity contribution in [2.24, 2.45) is 0 Å². The zero-order valence-electron chi connectivity index (χ0n) is 8.87. The summed E-state index contributed by atoms with van der Waals surface area (Å²) >= 11 is 0. The summed E-state index contributed by atoms with van der Waals surface area (Å²) in [6, 6.07) is 0. The Balaban J connectivity index is 2.56. The van der Waals surface area contributed by atoms with Gasteiger partial charge in [-0.2, -0.15) is 0 Å². The summed E-state index contributed by atoms with van der Waals surface area (Å²) in [7, 11) is 0. The standard InChI is InChI=1S/C10H14N4O/c1-7(11)3-5-9-12-10(14-13-9)6-4-8(2)15/h3,5,11H,4,6H2,1-2H3,(H,12,13,14)/b5-3-,11-7?. The van der Waals surface area contributed by atoms with Crippen molar-refractivity contribution in [3.8, 4) is 0 Å². The SMILES string of the molecule is CC(=N)/C=C\c1nnc(CCC(C)=O)[nH]1. The molecule has 0 amide bonds. The molecule has 0 bridgehead atoms.